The van der Waals surface area contributed by atoms with E-state index in [9.17, 15) is 14.3 Å². The molecule has 0 heterocycles. The van der Waals surface area contributed by atoms with Crippen LogP contribution in [0.1, 0.15) is 57.9 Å². The van der Waals surface area contributed by atoms with Crippen LogP contribution in [0.2, 0.25) is 0 Å². The maximum absolute atomic E-state index is 12.3. The molecule has 0 aromatic heterocycles. The van der Waals surface area contributed by atoms with Crippen molar-refractivity contribution in [3.8, 4) is 0 Å². The van der Waals surface area contributed by atoms with Gasteiger partial charge in [0.25, 0.3) is 0 Å². The van der Waals surface area contributed by atoms with Crippen molar-refractivity contribution < 1.29 is 19.4 Å². The number of carboxylic acids is 1. The average Bonchev–Trinajstić information content (AvgIpc) is 2.50. The van der Waals surface area contributed by atoms with E-state index >= 15 is 0 Å². The summed E-state index contributed by atoms with van der Waals surface area (Å²) in [5.41, 5.74) is 1.16. The van der Waals surface area contributed by atoms with Crippen molar-refractivity contribution >= 4 is 18.6 Å². The number of carboxylic acid groups (broad SMARTS) is 1. The third-order valence-electron chi connectivity index (χ3n) is 4.10. The van der Waals surface area contributed by atoms with E-state index in [4.69, 9.17) is 5.11 Å². The van der Waals surface area contributed by atoms with Gasteiger partial charge in [-0.15, -0.1) is 0 Å². The lowest BCUT2D eigenvalue weighted by molar-refractivity contribution is -0.140. The maximum atomic E-state index is 12.3. The quantitative estimate of drug-likeness (QED) is 0.467. The Labute approximate surface area is 139 Å². The highest BCUT2D eigenvalue weighted by Crippen LogP contribution is 2.41. The summed E-state index contributed by atoms with van der Waals surface area (Å²) in [6.45, 7) is 3.66. The van der Waals surface area contributed by atoms with Crippen molar-refractivity contribution in [1.29, 1.82) is 0 Å². The summed E-state index contributed by atoms with van der Waals surface area (Å²) in [5, 5.41) is 9.22. The molecule has 0 aliphatic rings. The van der Waals surface area contributed by atoms with Crippen LogP contribution in [0.25, 0.3) is 0 Å². The first-order valence-corrected chi connectivity index (χ1v) is 10.4. The largest absolute Gasteiger partial charge is 0.481 e. The van der Waals surface area contributed by atoms with Gasteiger partial charge in [-0.1, -0.05) is 58.1 Å². The SMILES string of the molecule is CCCCCCCCc1ccc(P(=O)(O)CC(C)C(=O)O)cc1. The van der Waals surface area contributed by atoms with Crippen LogP contribution in [0.4, 0.5) is 0 Å². The average molecular weight is 340 g/mol. The Balaban J connectivity index is 2.49. The molecular formula is C18H29O4P. The van der Waals surface area contributed by atoms with Gasteiger partial charge in [-0.25, -0.2) is 0 Å². The topological polar surface area (TPSA) is 74.6 Å². The van der Waals surface area contributed by atoms with E-state index in [0.717, 1.165) is 18.4 Å². The van der Waals surface area contributed by atoms with Crippen LogP contribution in [-0.4, -0.2) is 22.1 Å². The predicted octanol–water partition coefficient (Wildman–Crippen LogP) is 4.21. The van der Waals surface area contributed by atoms with Crippen molar-refractivity contribution in [1.82, 2.24) is 0 Å². The zero-order valence-corrected chi connectivity index (χ0v) is 15.1. The fourth-order valence-corrected chi connectivity index (χ4v) is 4.28. The Kier molecular flexibility index (Phi) is 8.57. The molecule has 130 valence electrons. The van der Waals surface area contributed by atoms with Gasteiger partial charge in [0.1, 0.15) is 0 Å². The van der Waals surface area contributed by atoms with Gasteiger partial charge in [0.15, 0.2) is 0 Å². The molecular weight excluding hydrogens is 311 g/mol. The van der Waals surface area contributed by atoms with Crippen LogP contribution >= 0.6 is 7.37 Å². The number of hydrogen-bond donors (Lipinski definition) is 2. The molecule has 0 saturated heterocycles. The summed E-state index contributed by atoms with van der Waals surface area (Å²) in [7, 11) is -3.60. The van der Waals surface area contributed by atoms with Crippen LogP contribution in [0.15, 0.2) is 24.3 Å². The normalized spacial score (nSPS) is 15.1. The van der Waals surface area contributed by atoms with Gasteiger partial charge >= 0.3 is 5.97 Å². The van der Waals surface area contributed by atoms with Gasteiger partial charge in [0.05, 0.1) is 5.92 Å². The van der Waals surface area contributed by atoms with Crippen molar-refractivity contribution in [3.63, 3.8) is 0 Å². The molecule has 2 unspecified atom stereocenters. The molecule has 0 fully saturated rings. The van der Waals surface area contributed by atoms with Crippen LogP contribution in [-0.2, 0) is 15.8 Å². The number of aliphatic carboxylic acids is 1. The third kappa shape index (κ3) is 7.32. The van der Waals surface area contributed by atoms with Crippen LogP contribution in [0, 0.1) is 5.92 Å². The summed E-state index contributed by atoms with van der Waals surface area (Å²) in [4.78, 5) is 20.9. The Morgan fingerprint density at radius 3 is 2.22 bits per heavy atom. The molecule has 0 saturated carbocycles. The number of unbranched alkanes of at least 4 members (excludes halogenated alkanes) is 5. The number of rotatable bonds is 11. The second kappa shape index (κ2) is 9.89. The Bertz CT molecular complexity index is 524. The molecule has 1 rings (SSSR count). The van der Waals surface area contributed by atoms with Crippen molar-refractivity contribution in [2.45, 2.75) is 58.8 Å². The minimum absolute atomic E-state index is 0.223. The van der Waals surface area contributed by atoms with E-state index in [-0.39, 0.29) is 6.16 Å². The highest BCUT2D eigenvalue weighted by atomic mass is 31.2. The Morgan fingerprint density at radius 2 is 1.65 bits per heavy atom. The summed E-state index contributed by atoms with van der Waals surface area (Å²) >= 11 is 0. The first kappa shape index (κ1) is 19.9. The molecule has 23 heavy (non-hydrogen) atoms. The lowest BCUT2D eigenvalue weighted by Crippen LogP contribution is -2.18. The maximum Gasteiger partial charge on any atom is 0.306 e. The molecule has 1 aromatic carbocycles. The highest BCUT2D eigenvalue weighted by molar-refractivity contribution is 7.66. The van der Waals surface area contributed by atoms with Crippen molar-refractivity contribution in [2.24, 2.45) is 5.92 Å². The molecule has 0 amide bonds. The smallest absolute Gasteiger partial charge is 0.306 e. The number of benzene rings is 1. The van der Waals surface area contributed by atoms with E-state index in [1.54, 1.807) is 12.1 Å². The first-order chi connectivity index (χ1) is 10.9. The third-order valence-corrected chi connectivity index (χ3v) is 6.25. The van der Waals surface area contributed by atoms with Gasteiger partial charge in [0, 0.05) is 11.5 Å². The number of aryl methyl sites for hydroxylation is 1. The minimum Gasteiger partial charge on any atom is -0.481 e. The molecule has 0 radical (unpaired) electrons. The summed E-state index contributed by atoms with van der Waals surface area (Å²) in [6.07, 6.45) is 8.23. The second-order valence-electron chi connectivity index (χ2n) is 6.31. The fourth-order valence-electron chi connectivity index (χ4n) is 2.56. The van der Waals surface area contributed by atoms with E-state index in [1.807, 2.05) is 12.1 Å². The molecule has 2 N–H and O–H groups in total. The van der Waals surface area contributed by atoms with E-state index < -0.39 is 19.3 Å². The molecule has 5 heteroatoms. The molecule has 1 aromatic rings. The molecule has 4 nitrogen and oxygen atoms in total. The lowest BCUT2D eigenvalue weighted by Gasteiger charge is -2.14. The van der Waals surface area contributed by atoms with Gasteiger partial charge in [-0.05, 0) is 30.5 Å². The molecule has 2 atom stereocenters. The molecule has 0 spiro atoms. The van der Waals surface area contributed by atoms with E-state index in [1.165, 1.54) is 39.0 Å². The standard InChI is InChI=1S/C18H29O4P/c1-3-4-5-6-7-8-9-16-10-12-17(13-11-16)23(21,22)14-15(2)18(19)20/h10-13,15H,3-9,14H2,1-2H3,(H,19,20)(H,21,22). The Hall–Kier alpha value is -1.12. The lowest BCUT2D eigenvalue weighted by atomic mass is 10.1. The monoisotopic (exact) mass is 340 g/mol. The molecule has 0 aliphatic carbocycles. The van der Waals surface area contributed by atoms with Crippen LogP contribution in [0.3, 0.4) is 0 Å². The number of hydrogen-bond acceptors (Lipinski definition) is 2. The predicted molar refractivity (Wildman–Crippen MR) is 94.6 cm³/mol. The summed E-state index contributed by atoms with van der Waals surface area (Å²) in [6, 6.07) is 7.11. The zero-order chi connectivity index (χ0) is 17.3. The van der Waals surface area contributed by atoms with Crippen LogP contribution in [0.5, 0.6) is 0 Å². The first-order valence-electron chi connectivity index (χ1n) is 8.51. The molecule has 0 bridgehead atoms. The number of carbonyl (C=O) groups is 1. The van der Waals surface area contributed by atoms with Crippen molar-refractivity contribution in [3.05, 3.63) is 29.8 Å². The minimum atomic E-state index is -3.60. The van der Waals surface area contributed by atoms with Crippen molar-refractivity contribution in [2.75, 3.05) is 6.16 Å². The van der Waals surface area contributed by atoms with Gasteiger partial charge in [-0.2, -0.15) is 0 Å². The van der Waals surface area contributed by atoms with Gasteiger partial charge < -0.3 is 10.00 Å². The van der Waals surface area contributed by atoms with Gasteiger partial charge in [-0.3, -0.25) is 9.36 Å². The highest BCUT2D eigenvalue weighted by Gasteiger charge is 2.27. The second-order valence-corrected chi connectivity index (χ2v) is 8.59. The van der Waals surface area contributed by atoms with Crippen LogP contribution < -0.4 is 5.30 Å². The fraction of sp³-hybridized carbons (Fsp3) is 0.611. The summed E-state index contributed by atoms with van der Waals surface area (Å²) < 4.78 is 12.3. The molecule has 0 aliphatic heterocycles. The Morgan fingerprint density at radius 1 is 1.09 bits per heavy atom. The van der Waals surface area contributed by atoms with E-state index in [0.29, 0.717) is 5.30 Å². The zero-order valence-electron chi connectivity index (χ0n) is 14.2. The van der Waals surface area contributed by atoms with E-state index in [2.05, 4.69) is 6.92 Å². The van der Waals surface area contributed by atoms with Gasteiger partial charge in [0.2, 0.25) is 7.37 Å². The summed E-state index contributed by atoms with van der Waals surface area (Å²) in [5.74, 6) is -1.87.